The van der Waals surface area contributed by atoms with Gasteiger partial charge < -0.3 is 0 Å². The molecular formula is C14H21Br. The minimum Gasteiger partial charge on any atom is -0.0925 e. The quantitative estimate of drug-likeness (QED) is 0.622. The van der Waals surface area contributed by atoms with Gasteiger partial charge in [0.05, 0.1) is 0 Å². The molecule has 15 heavy (non-hydrogen) atoms. The van der Waals surface area contributed by atoms with Gasteiger partial charge in [0.25, 0.3) is 0 Å². The second kappa shape index (κ2) is 7.92. The van der Waals surface area contributed by atoms with Crippen LogP contribution in [0.1, 0.15) is 38.2 Å². The van der Waals surface area contributed by atoms with Crippen molar-refractivity contribution in [3.05, 3.63) is 35.9 Å². The molecule has 0 spiro atoms. The molecule has 0 saturated heterocycles. The van der Waals surface area contributed by atoms with Crippen molar-refractivity contribution in [1.29, 1.82) is 0 Å². The Morgan fingerprint density at radius 2 is 1.87 bits per heavy atom. The summed E-state index contributed by atoms with van der Waals surface area (Å²) in [6, 6.07) is 10.8. The Labute approximate surface area is 102 Å². The molecule has 1 aromatic carbocycles. The first kappa shape index (κ1) is 12.8. The third-order valence-corrected chi connectivity index (χ3v) is 3.75. The summed E-state index contributed by atoms with van der Waals surface area (Å²) in [6.45, 7) is 2.27. The lowest BCUT2D eigenvalue weighted by Gasteiger charge is -2.12. The number of rotatable bonds is 7. The fourth-order valence-electron chi connectivity index (χ4n) is 1.95. The van der Waals surface area contributed by atoms with Crippen molar-refractivity contribution in [1.82, 2.24) is 0 Å². The van der Waals surface area contributed by atoms with E-state index in [-0.39, 0.29) is 0 Å². The van der Waals surface area contributed by atoms with Gasteiger partial charge in [-0.1, -0.05) is 59.6 Å². The van der Waals surface area contributed by atoms with Crippen LogP contribution in [-0.2, 0) is 6.42 Å². The smallest absolute Gasteiger partial charge is 0.00596 e. The Kier molecular flexibility index (Phi) is 6.74. The largest absolute Gasteiger partial charge is 0.0925 e. The highest BCUT2D eigenvalue weighted by Crippen LogP contribution is 2.17. The third kappa shape index (κ3) is 5.36. The average Bonchev–Trinajstić information content (AvgIpc) is 2.29. The molecule has 0 saturated carbocycles. The highest BCUT2D eigenvalue weighted by molar-refractivity contribution is 9.09. The highest BCUT2D eigenvalue weighted by Gasteiger charge is 2.05. The second-order valence-corrected chi connectivity index (χ2v) is 4.83. The van der Waals surface area contributed by atoms with E-state index in [1.165, 1.54) is 37.7 Å². The fourth-order valence-corrected chi connectivity index (χ4v) is 2.59. The first-order valence-corrected chi connectivity index (χ1v) is 7.08. The minimum absolute atomic E-state index is 0.874. The molecule has 0 aliphatic carbocycles. The predicted molar refractivity (Wildman–Crippen MR) is 71.6 cm³/mol. The first-order valence-electron chi connectivity index (χ1n) is 5.96. The number of halogens is 1. The van der Waals surface area contributed by atoms with Crippen molar-refractivity contribution >= 4 is 15.9 Å². The summed E-state index contributed by atoms with van der Waals surface area (Å²) in [6.07, 6.45) is 6.57. The van der Waals surface area contributed by atoms with E-state index in [4.69, 9.17) is 0 Å². The minimum atomic E-state index is 0.874. The molecule has 1 heteroatoms. The van der Waals surface area contributed by atoms with Crippen LogP contribution >= 0.6 is 15.9 Å². The SMILES string of the molecule is CCCC(CBr)CCCc1ccccc1. The van der Waals surface area contributed by atoms with Crippen LogP contribution in [0.25, 0.3) is 0 Å². The maximum atomic E-state index is 3.60. The lowest BCUT2D eigenvalue weighted by atomic mass is 9.97. The molecule has 0 radical (unpaired) electrons. The molecule has 0 N–H and O–H groups in total. The van der Waals surface area contributed by atoms with E-state index in [1.54, 1.807) is 0 Å². The van der Waals surface area contributed by atoms with Crippen molar-refractivity contribution in [2.24, 2.45) is 5.92 Å². The molecule has 1 rings (SSSR count). The number of hydrogen-bond acceptors (Lipinski definition) is 0. The van der Waals surface area contributed by atoms with Gasteiger partial charge in [0.2, 0.25) is 0 Å². The first-order chi connectivity index (χ1) is 7.36. The molecule has 84 valence electrons. The third-order valence-electron chi connectivity index (χ3n) is 2.84. The van der Waals surface area contributed by atoms with Gasteiger partial charge in [-0.05, 0) is 37.2 Å². The van der Waals surface area contributed by atoms with Crippen molar-refractivity contribution in [3.8, 4) is 0 Å². The van der Waals surface area contributed by atoms with Gasteiger partial charge in [0, 0.05) is 5.33 Å². The maximum Gasteiger partial charge on any atom is 0.00596 e. The number of hydrogen-bond donors (Lipinski definition) is 0. The second-order valence-electron chi connectivity index (χ2n) is 4.19. The molecule has 1 unspecified atom stereocenters. The van der Waals surface area contributed by atoms with Gasteiger partial charge in [-0.3, -0.25) is 0 Å². The van der Waals surface area contributed by atoms with Gasteiger partial charge >= 0.3 is 0 Å². The summed E-state index contributed by atoms with van der Waals surface area (Å²) < 4.78 is 0. The lowest BCUT2D eigenvalue weighted by molar-refractivity contribution is 0.479. The van der Waals surface area contributed by atoms with E-state index >= 15 is 0 Å². The lowest BCUT2D eigenvalue weighted by Crippen LogP contribution is -2.02. The van der Waals surface area contributed by atoms with Gasteiger partial charge in [0.15, 0.2) is 0 Å². The number of benzene rings is 1. The van der Waals surface area contributed by atoms with E-state index in [0.717, 1.165) is 11.2 Å². The Morgan fingerprint density at radius 3 is 2.47 bits per heavy atom. The van der Waals surface area contributed by atoms with Crippen LogP contribution in [0.3, 0.4) is 0 Å². The van der Waals surface area contributed by atoms with Crippen LogP contribution < -0.4 is 0 Å². The fraction of sp³-hybridized carbons (Fsp3) is 0.571. The van der Waals surface area contributed by atoms with Crippen LogP contribution in [0.5, 0.6) is 0 Å². The van der Waals surface area contributed by atoms with Gasteiger partial charge in [0.1, 0.15) is 0 Å². The molecule has 0 fully saturated rings. The Balaban J connectivity index is 2.20. The molecule has 0 nitrogen and oxygen atoms in total. The van der Waals surface area contributed by atoms with Crippen LogP contribution in [0.4, 0.5) is 0 Å². The van der Waals surface area contributed by atoms with E-state index in [9.17, 15) is 0 Å². The zero-order valence-electron chi connectivity index (χ0n) is 9.58. The monoisotopic (exact) mass is 268 g/mol. The Hall–Kier alpha value is -0.300. The number of alkyl halides is 1. The van der Waals surface area contributed by atoms with Crippen LogP contribution in [0, 0.1) is 5.92 Å². The predicted octanol–water partition coefficient (Wildman–Crippen LogP) is 4.82. The molecule has 0 aliphatic rings. The Morgan fingerprint density at radius 1 is 1.13 bits per heavy atom. The Bertz CT molecular complexity index is 243. The van der Waals surface area contributed by atoms with Gasteiger partial charge in [-0.25, -0.2) is 0 Å². The summed E-state index contributed by atoms with van der Waals surface area (Å²) in [5.41, 5.74) is 1.47. The molecule has 0 aromatic heterocycles. The van der Waals surface area contributed by atoms with E-state index in [1.807, 2.05) is 0 Å². The molecule has 0 aliphatic heterocycles. The summed E-state index contributed by atoms with van der Waals surface area (Å²) in [7, 11) is 0. The highest BCUT2D eigenvalue weighted by atomic mass is 79.9. The molecule has 1 aromatic rings. The molecule has 0 bridgehead atoms. The van der Waals surface area contributed by atoms with Crippen molar-refractivity contribution in [3.63, 3.8) is 0 Å². The van der Waals surface area contributed by atoms with Crippen molar-refractivity contribution < 1.29 is 0 Å². The average molecular weight is 269 g/mol. The summed E-state index contributed by atoms with van der Waals surface area (Å²) in [5.74, 6) is 0.874. The van der Waals surface area contributed by atoms with Crippen LogP contribution in [-0.4, -0.2) is 5.33 Å². The molecule has 1 atom stereocenters. The molecule has 0 heterocycles. The standard InChI is InChI=1S/C14H21Br/c1-2-7-14(12-15)11-6-10-13-8-4-3-5-9-13/h3-5,8-9,14H,2,6-7,10-12H2,1H3. The molecule has 0 amide bonds. The zero-order chi connectivity index (χ0) is 10.9. The number of aryl methyl sites for hydroxylation is 1. The molecular weight excluding hydrogens is 248 g/mol. The van der Waals surface area contributed by atoms with E-state index in [2.05, 4.69) is 53.2 Å². The summed E-state index contributed by atoms with van der Waals surface area (Å²) in [4.78, 5) is 0. The van der Waals surface area contributed by atoms with Gasteiger partial charge in [-0.2, -0.15) is 0 Å². The van der Waals surface area contributed by atoms with Crippen molar-refractivity contribution in [2.75, 3.05) is 5.33 Å². The van der Waals surface area contributed by atoms with E-state index < -0.39 is 0 Å². The van der Waals surface area contributed by atoms with E-state index in [0.29, 0.717) is 0 Å². The van der Waals surface area contributed by atoms with Crippen LogP contribution in [0.2, 0.25) is 0 Å². The van der Waals surface area contributed by atoms with Gasteiger partial charge in [-0.15, -0.1) is 0 Å². The van der Waals surface area contributed by atoms with Crippen LogP contribution in [0.15, 0.2) is 30.3 Å². The van der Waals surface area contributed by atoms with Crippen molar-refractivity contribution in [2.45, 2.75) is 39.0 Å². The maximum absolute atomic E-state index is 3.60. The zero-order valence-corrected chi connectivity index (χ0v) is 11.2. The summed E-state index contributed by atoms with van der Waals surface area (Å²) in [5, 5.41) is 1.16. The topological polar surface area (TPSA) is 0 Å². The summed E-state index contributed by atoms with van der Waals surface area (Å²) >= 11 is 3.60. The normalized spacial score (nSPS) is 12.7.